The Labute approximate surface area is 101 Å². The van der Waals surface area contributed by atoms with Crippen LogP contribution in [0.1, 0.15) is 6.42 Å². The lowest BCUT2D eigenvalue weighted by Gasteiger charge is -2.21. The molecular formula is C10H20N4O3. The number of carbonyl (C=O) groups excluding carboxylic acids is 1. The van der Waals surface area contributed by atoms with Crippen molar-refractivity contribution in [3.8, 4) is 0 Å². The zero-order valence-corrected chi connectivity index (χ0v) is 10.1. The molecule has 1 atom stereocenters. The summed E-state index contributed by atoms with van der Waals surface area (Å²) in [5.41, 5.74) is 5.31. The number of nitrogens with two attached hydrogens (primary N) is 1. The second kappa shape index (κ2) is 6.41. The highest BCUT2D eigenvalue weighted by molar-refractivity contribution is 5.77. The number of amides is 2. The van der Waals surface area contributed by atoms with Gasteiger partial charge in [0.1, 0.15) is 6.04 Å². The molecule has 1 aliphatic rings. The van der Waals surface area contributed by atoms with Crippen molar-refractivity contribution in [2.45, 2.75) is 12.5 Å². The van der Waals surface area contributed by atoms with E-state index < -0.39 is 12.0 Å². The second-order valence-corrected chi connectivity index (χ2v) is 4.27. The Kier molecular flexibility index (Phi) is 5.17. The average Bonchev–Trinajstić information content (AvgIpc) is 2.50. The largest absolute Gasteiger partial charge is 0.480 e. The van der Waals surface area contributed by atoms with Crippen molar-refractivity contribution < 1.29 is 14.7 Å². The smallest absolute Gasteiger partial charge is 0.322 e. The van der Waals surface area contributed by atoms with Crippen LogP contribution in [0.25, 0.3) is 0 Å². The summed E-state index contributed by atoms with van der Waals surface area (Å²) in [6.07, 6.45) is 0.926. The SMILES string of the molecule is CN1CCCN(C(=O)NC[C@H](N)C(=O)O)CC1. The van der Waals surface area contributed by atoms with Crippen LogP contribution < -0.4 is 11.1 Å². The molecule has 0 aliphatic carbocycles. The Bertz CT molecular complexity index is 285. The summed E-state index contributed by atoms with van der Waals surface area (Å²) in [6, 6.07) is -1.29. The summed E-state index contributed by atoms with van der Waals surface area (Å²) in [7, 11) is 2.02. The van der Waals surface area contributed by atoms with Gasteiger partial charge in [-0.2, -0.15) is 0 Å². The van der Waals surface area contributed by atoms with E-state index >= 15 is 0 Å². The lowest BCUT2D eigenvalue weighted by Crippen LogP contribution is -2.48. The zero-order chi connectivity index (χ0) is 12.8. The molecule has 1 rings (SSSR count). The van der Waals surface area contributed by atoms with E-state index in [4.69, 9.17) is 10.8 Å². The lowest BCUT2D eigenvalue weighted by atomic mass is 10.3. The molecule has 0 unspecified atom stereocenters. The van der Waals surface area contributed by atoms with Crippen molar-refractivity contribution in [3.05, 3.63) is 0 Å². The third-order valence-corrected chi connectivity index (χ3v) is 2.80. The molecule has 7 nitrogen and oxygen atoms in total. The Hall–Kier alpha value is -1.34. The van der Waals surface area contributed by atoms with Crippen LogP contribution in [0.2, 0.25) is 0 Å². The number of carbonyl (C=O) groups is 2. The molecule has 4 N–H and O–H groups in total. The molecule has 0 bridgehead atoms. The molecule has 7 heteroatoms. The van der Waals surface area contributed by atoms with Crippen molar-refractivity contribution >= 4 is 12.0 Å². The van der Waals surface area contributed by atoms with Gasteiger partial charge in [0.05, 0.1) is 0 Å². The van der Waals surface area contributed by atoms with Gasteiger partial charge in [0.2, 0.25) is 0 Å². The molecule has 0 aromatic rings. The summed E-state index contributed by atoms with van der Waals surface area (Å²) in [4.78, 5) is 26.1. The number of nitrogens with zero attached hydrogens (tertiary/aromatic N) is 2. The normalized spacial score (nSPS) is 19.5. The van der Waals surface area contributed by atoms with Crippen LogP contribution in [-0.2, 0) is 4.79 Å². The predicted octanol–water partition coefficient (Wildman–Crippen LogP) is -1.25. The van der Waals surface area contributed by atoms with Crippen molar-refractivity contribution in [2.75, 3.05) is 39.8 Å². The molecular weight excluding hydrogens is 224 g/mol. The molecule has 1 fully saturated rings. The minimum Gasteiger partial charge on any atom is -0.480 e. The molecule has 0 radical (unpaired) electrons. The number of aliphatic carboxylic acids is 1. The van der Waals surface area contributed by atoms with Crippen LogP contribution in [0, 0.1) is 0 Å². The number of carboxylic acid groups (broad SMARTS) is 1. The molecule has 17 heavy (non-hydrogen) atoms. The maximum atomic E-state index is 11.7. The third kappa shape index (κ3) is 4.58. The Morgan fingerprint density at radius 2 is 2.06 bits per heavy atom. The van der Waals surface area contributed by atoms with Gasteiger partial charge in [-0.15, -0.1) is 0 Å². The van der Waals surface area contributed by atoms with E-state index in [0.29, 0.717) is 13.1 Å². The van der Waals surface area contributed by atoms with E-state index in [1.165, 1.54) is 0 Å². The zero-order valence-electron chi connectivity index (χ0n) is 10.1. The third-order valence-electron chi connectivity index (χ3n) is 2.80. The predicted molar refractivity (Wildman–Crippen MR) is 62.7 cm³/mol. The van der Waals surface area contributed by atoms with Crippen LogP contribution in [-0.4, -0.2) is 72.7 Å². The number of hydrogen-bond acceptors (Lipinski definition) is 4. The van der Waals surface area contributed by atoms with E-state index in [1.807, 2.05) is 7.05 Å². The highest BCUT2D eigenvalue weighted by Gasteiger charge is 2.19. The molecule has 98 valence electrons. The maximum Gasteiger partial charge on any atom is 0.322 e. The van der Waals surface area contributed by atoms with Crippen molar-refractivity contribution in [3.63, 3.8) is 0 Å². The van der Waals surface area contributed by atoms with Gasteiger partial charge in [-0.3, -0.25) is 4.79 Å². The van der Waals surface area contributed by atoms with Crippen LogP contribution in [0.15, 0.2) is 0 Å². The van der Waals surface area contributed by atoms with Gasteiger partial charge in [-0.25, -0.2) is 4.79 Å². The number of likely N-dealkylation sites (N-methyl/N-ethyl adjacent to an activating group) is 1. The molecule has 0 aromatic carbocycles. The number of carboxylic acids is 1. The van der Waals surface area contributed by atoms with Gasteiger partial charge in [0.25, 0.3) is 0 Å². The second-order valence-electron chi connectivity index (χ2n) is 4.27. The lowest BCUT2D eigenvalue weighted by molar-refractivity contribution is -0.138. The van der Waals surface area contributed by atoms with E-state index in [-0.39, 0.29) is 12.6 Å². The summed E-state index contributed by atoms with van der Waals surface area (Å²) < 4.78 is 0. The summed E-state index contributed by atoms with van der Waals surface area (Å²) in [5, 5.41) is 11.1. The van der Waals surface area contributed by atoms with Crippen LogP contribution in [0.3, 0.4) is 0 Å². The van der Waals surface area contributed by atoms with Gasteiger partial charge in [-0.05, 0) is 20.0 Å². The van der Waals surface area contributed by atoms with Crippen LogP contribution in [0.4, 0.5) is 4.79 Å². The van der Waals surface area contributed by atoms with E-state index in [0.717, 1.165) is 19.5 Å². The fourth-order valence-corrected chi connectivity index (χ4v) is 1.65. The number of nitrogens with one attached hydrogen (secondary N) is 1. The molecule has 2 amide bonds. The topological polar surface area (TPSA) is 98.9 Å². The molecule has 0 aromatic heterocycles. The summed E-state index contributed by atoms with van der Waals surface area (Å²) in [5.74, 6) is -1.11. The van der Waals surface area contributed by atoms with Gasteiger partial charge in [0, 0.05) is 26.2 Å². The van der Waals surface area contributed by atoms with Crippen molar-refractivity contribution in [1.29, 1.82) is 0 Å². The van der Waals surface area contributed by atoms with Crippen LogP contribution in [0.5, 0.6) is 0 Å². The van der Waals surface area contributed by atoms with E-state index in [1.54, 1.807) is 4.90 Å². The summed E-state index contributed by atoms with van der Waals surface area (Å²) >= 11 is 0. The Balaban J connectivity index is 2.34. The van der Waals surface area contributed by atoms with Gasteiger partial charge in [0.15, 0.2) is 0 Å². The number of urea groups is 1. The monoisotopic (exact) mass is 244 g/mol. The van der Waals surface area contributed by atoms with E-state index in [2.05, 4.69) is 10.2 Å². The van der Waals surface area contributed by atoms with E-state index in [9.17, 15) is 9.59 Å². The van der Waals surface area contributed by atoms with Crippen molar-refractivity contribution in [1.82, 2.24) is 15.1 Å². The first kappa shape index (κ1) is 13.7. The number of hydrogen-bond donors (Lipinski definition) is 3. The maximum absolute atomic E-state index is 11.7. The van der Waals surface area contributed by atoms with Crippen LogP contribution >= 0.6 is 0 Å². The molecule has 0 saturated carbocycles. The summed E-state index contributed by atoms with van der Waals surface area (Å²) in [6.45, 7) is 3.11. The van der Waals surface area contributed by atoms with Gasteiger partial charge in [-0.1, -0.05) is 0 Å². The van der Waals surface area contributed by atoms with Gasteiger partial charge >= 0.3 is 12.0 Å². The first-order valence-electron chi connectivity index (χ1n) is 5.70. The minimum atomic E-state index is -1.11. The average molecular weight is 244 g/mol. The minimum absolute atomic E-state index is 0.0412. The highest BCUT2D eigenvalue weighted by Crippen LogP contribution is 2.01. The Morgan fingerprint density at radius 1 is 1.35 bits per heavy atom. The highest BCUT2D eigenvalue weighted by atomic mass is 16.4. The quantitative estimate of drug-likeness (QED) is 0.576. The fourth-order valence-electron chi connectivity index (χ4n) is 1.65. The molecule has 1 saturated heterocycles. The fraction of sp³-hybridized carbons (Fsp3) is 0.800. The first-order chi connectivity index (χ1) is 8.00. The first-order valence-corrected chi connectivity index (χ1v) is 5.70. The van der Waals surface area contributed by atoms with Gasteiger partial charge < -0.3 is 26.0 Å². The molecule has 1 aliphatic heterocycles. The molecule has 0 spiro atoms. The molecule has 1 heterocycles. The standard InChI is InChI=1S/C10H20N4O3/c1-13-3-2-4-14(6-5-13)10(17)12-7-8(11)9(15)16/h8H,2-7,11H2,1H3,(H,12,17)(H,15,16)/t8-/m0/s1. The Morgan fingerprint density at radius 3 is 2.71 bits per heavy atom. The van der Waals surface area contributed by atoms with Crippen molar-refractivity contribution in [2.24, 2.45) is 5.73 Å². The number of rotatable bonds is 3.